The highest BCUT2D eigenvalue weighted by Crippen LogP contribution is 2.17. The van der Waals surface area contributed by atoms with Crippen LogP contribution in [0.15, 0.2) is 0 Å². The molecular weight excluding hydrogens is 248 g/mol. The lowest BCUT2D eigenvalue weighted by atomic mass is 10.3. The number of amides is 1. The molecule has 106 valence electrons. The summed E-state index contributed by atoms with van der Waals surface area (Å²) in [5.74, 6) is -0.561. The molecule has 0 aliphatic rings. The van der Waals surface area contributed by atoms with Crippen LogP contribution < -0.4 is 5.32 Å². The molecule has 1 N–H and O–H groups in total. The maximum absolute atomic E-state index is 11.9. The van der Waals surface area contributed by atoms with E-state index in [0.717, 1.165) is 17.1 Å². The zero-order chi connectivity index (χ0) is 14.6. The van der Waals surface area contributed by atoms with Crippen LogP contribution in [0.25, 0.3) is 0 Å². The number of carbonyl (C=O) groups is 2. The lowest BCUT2D eigenvalue weighted by Gasteiger charge is -2.14. The number of aryl methyl sites for hydroxylation is 2. The smallest absolute Gasteiger partial charge is 0.319 e. The number of likely N-dealkylation sites (N-methyl/N-ethyl adjacent to an activating group) is 1. The average molecular weight is 268 g/mol. The van der Waals surface area contributed by atoms with Gasteiger partial charge >= 0.3 is 5.97 Å². The molecule has 0 radical (unpaired) electrons. The molecule has 7 nitrogen and oxygen atoms in total. The first-order valence-electron chi connectivity index (χ1n) is 5.90. The van der Waals surface area contributed by atoms with Gasteiger partial charge < -0.3 is 10.1 Å². The van der Waals surface area contributed by atoms with Crippen molar-refractivity contribution >= 4 is 17.6 Å². The van der Waals surface area contributed by atoms with Crippen LogP contribution in [0.3, 0.4) is 0 Å². The van der Waals surface area contributed by atoms with Crippen molar-refractivity contribution in [3.63, 3.8) is 0 Å². The quantitative estimate of drug-likeness (QED) is 0.765. The Bertz CT molecular complexity index is 482. The molecule has 0 saturated carbocycles. The van der Waals surface area contributed by atoms with Crippen molar-refractivity contribution in [3.05, 3.63) is 11.4 Å². The summed E-state index contributed by atoms with van der Waals surface area (Å²) >= 11 is 0. The van der Waals surface area contributed by atoms with Gasteiger partial charge in [-0.2, -0.15) is 5.10 Å². The largest absolute Gasteiger partial charge is 0.468 e. The van der Waals surface area contributed by atoms with Gasteiger partial charge in [0.15, 0.2) is 0 Å². The van der Waals surface area contributed by atoms with Gasteiger partial charge in [-0.1, -0.05) is 0 Å². The molecule has 0 unspecified atom stereocenters. The number of esters is 1. The van der Waals surface area contributed by atoms with Gasteiger partial charge in [-0.05, 0) is 20.9 Å². The molecule has 0 aliphatic heterocycles. The lowest BCUT2D eigenvalue weighted by Crippen LogP contribution is -2.34. The van der Waals surface area contributed by atoms with Crippen molar-refractivity contribution < 1.29 is 14.3 Å². The Morgan fingerprint density at radius 1 is 1.37 bits per heavy atom. The van der Waals surface area contributed by atoms with Crippen molar-refractivity contribution in [2.45, 2.75) is 13.8 Å². The van der Waals surface area contributed by atoms with Gasteiger partial charge in [0.1, 0.15) is 0 Å². The zero-order valence-corrected chi connectivity index (χ0v) is 12.0. The molecule has 1 aromatic heterocycles. The van der Waals surface area contributed by atoms with Gasteiger partial charge in [0.2, 0.25) is 5.91 Å². The number of aromatic nitrogens is 2. The Hall–Kier alpha value is -1.89. The van der Waals surface area contributed by atoms with Crippen LogP contribution >= 0.6 is 0 Å². The van der Waals surface area contributed by atoms with Crippen molar-refractivity contribution in [1.29, 1.82) is 0 Å². The third kappa shape index (κ3) is 4.06. The van der Waals surface area contributed by atoms with Crippen LogP contribution in [0.5, 0.6) is 0 Å². The van der Waals surface area contributed by atoms with E-state index in [1.165, 1.54) is 7.11 Å². The van der Waals surface area contributed by atoms with Crippen LogP contribution in [0.4, 0.5) is 5.69 Å². The number of hydrogen-bond donors (Lipinski definition) is 1. The molecule has 0 spiro atoms. The van der Waals surface area contributed by atoms with Crippen LogP contribution in [0.2, 0.25) is 0 Å². The Kier molecular flexibility index (Phi) is 5.05. The highest BCUT2D eigenvalue weighted by Gasteiger charge is 2.15. The molecule has 0 fully saturated rings. The highest BCUT2D eigenvalue weighted by molar-refractivity contribution is 5.93. The number of nitrogens with zero attached hydrogens (tertiary/aromatic N) is 3. The van der Waals surface area contributed by atoms with Crippen molar-refractivity contribution in [2.75, 3.05) is 32.6 Å². The number of methoxy groups -OCH3 is 1. The molecule has 7 heteroatoms. The number of ether oxygens (including phenoxy) is 1. The molecular formula is C12H20N4O3. The van der Waals surface area contributed by atoms with E-state index < -0.39 is 0 Å². The Morgan fingerprint density at radius 2 is 2.00 bits per heavy atom. The highest BCUT2D eigenvalue weighted by atomic mass is 16.5. The van der Waals surface area contributed by atoms with Gasteiger partial charge in [0, 0.05) is 7.05 Å². The summed E-state index contributed by atoms with van der Waals surface area (Å²) < 4.78 is 6.25. The maximum Gasteiger partial charge on any atom is 0.319 e. The topological polar surface area (TPSA) is 76.5 Å². The predicted octanol–water partition coefficient (Wildman–Crippen LogP) is 0.0802. The molecule has 19 heavy (non-hydrogen) atoms. The van der Waals surface area contributed by atoms with E-state index in [-0.39, 0.29) is 25.0 Å². The fourth-order valence-corrected chi connectivity index (χ4v) is 1.72. The van der Waals surface area contributed by atoms with Crippen molar-refractivity contribution in [3.8, 4) is 0 Å². The predicted molar refractivity (Wildman–Crippen MR) is 70.8 cm³/mol. The second-order valence-corrected chi connectivity index (χ2v) is 4.47. The molecule has 1 aromatic rings. The van der Waals surface area contributed by atoms with E-state index in [1.54, 1.807) is 16.6 Å². The number of carbonyl (C=O) groups excluding carboxylic acids is 2. The number of rotatable bonds is 5. The molecule has 1 heterocycles. The minimum atomic E-state index is -0.371. The summed E-state index contributed by atoms with van der Waals surface area (Å²) in [4.78, 5) is 24.5. The average Bonchev–Trinajstić information content (AvgIpc) is 2.55. The van der Waals surface area contributed by atoms with E-state index in [4.69, 9.17) is 0 Å². The van der Waals surface area contributed by atoms with Crippen LogP contribution in [0, 0.1) is 13.8 Å². The van der Waals surface area contributed by atoms with Crippen molar-refractivity contribution in [2.24, 2.45) is 7.05 Å². The molecule has 0 atom stereocenters. The minimum Gasteiger partial charge on any atom is -0.468 e. The molecule has 0 saturated heterocycles. The SMILES string of the molecule is COC(=O)CN(C)CC(=O)Nc1c(C)nn(C)c1C. The second kappa shape index (κ2) is 6.33. The monoisotopic (exact) mass is 268 g/mol. The summed E-state index contributed by atoms with van der Waals surface area (Å²) in [5, 5.41) is 7.02. The molecule has 0 aliphatic carbocycles. The van der Waals surface area contributed by atoms with Crippen LogP contribution in [-0.2, 0) is 21.4 Å². The second-order valence-electron chi connectivity index (χ2n) is 4.47. The van der Waals surface area contributed by atoms with Gasteiger partial charge in [0.25, 0.3) is 0 Å². The molecule has 0 bridgehead atoms. The van der Waals surface area contributed by atoms with Gasteiger partial charge in [0.05, 0.1) is 37.3 Å². The molecule has 1 amide bonds. The maximum atomic E-state index is 11.9. The summed E-state index contributed by atoms with van der Waals surface area (Å²) in [6.45, 7) is 3.91. The summed E-state index contributed by atoms with van der Waals surface area (Å²) in [5.41, 5.74) is 2.38. The van der Waals surface area contributed by atoms with Crippen LogP contribution in [-0.4, -0.2) is 53.8 Å². The van der Waals surface area contributed by atoms with E-state index in [1.807, 2.05) is 20.9 Å². The molecule has 1 rings (SSSR count). The third-order valence-corrected chi connectivity index (χ3v) is 2.81. The summed E-state index contributed by atoms with van der Waals surface area (Å²) in [6.07, 6.45) is 0. The number of hydrogen-bond acceptors (Lipinski definition) is 5. The fourth-order valence-electron chi connectivity index (χ4n) is 1.72. The Balaban J connectivity index is 2.58. The lowest BCUT2D eigenvalue weighted by molar-refractivity contribution is -0.141. The fraction of sp³-hybridized carbons (Fsp3) is 0.583. The Morgan fingerprint density at radius 3 is 2.47 bits per heavy atom. The normalized spacial score (nSPS) is 10.6. The van der Waals surface area contributed by atoms with E-state index in [0.29, 0.717) is 0 Å². The van der Waals surface area contributed by atoms with Crippen molar-refractivity contribution in [1.82, 2.24) is 14.7 Å². The van der Waals surface area contributed by atoms with E-state index in [2.05, 4.69) is 15.2 Å². The minimum absolute atomic E-state index is 0.0783. The van der Waals surface area contributed by atoms with Gasteiger partial charge in [-0.15, -0.1) is 0 Å². The third-order valence-electron chi connectivity index (χ3n) is 2.81. The first-order valence-corrected chi connectivity index (χ1v) is 5.90. The summed E-state index contributed by atoms with van der Waals surface area (Å²) in [6, 6.07) is 0. The van der Waals surface area contributed by atoms with Gasteiger partial charge in [-0.3, -0.25) is 19.2 Å². The first-order chi connectivity index (χ1) is 8.85. The zero-order valence-electron chi connectivity index (χ0n) is 12.0. The van der Waals surface area contributed by atoms with Crippen LogP contribution in [0.1, 0.15) is 11.4 Å². The van der Waals surface area contributed by atoms with E-state index >= 15 is 0 Å². The standard InChI is InChI=1S/C12H20N4O3/c1-8-12(9(2)16(4)14-8)13-10(17)6-15(3)7-11(18)19-5/h6-7H2,1-5H3,(H,13,17). The summed E-state index contributed by atoms with van der Waals surface area (Å²) in [7, 11) is 4.82. The van der Waals surface area contributed by atoms with Gasteiger partial charge in [-0.25, -0.2) is 0 Å². The molecule has 0 aromatic carbocycles. The number of anilines is 1. The van der Waals surface area contributed by atoms with E-state index in [9.17, 15) is 9.59 Å². The number of nitrogens with one attached hydrogen (secondary N) is 1. The Labute approximate surface area is 112 Å². The first kappa shape index (κ1) is 15.2.